The fraction of sp³-hybridized carbons (Fsp3) is 0.240. The van der Waals surface area contributed by atoms with E-state index in [1.165, 1.54) is 18.4 Å². The number of aryl methyl sites for hydroxylation is 1. The largest absolute Gasteiger partial charge is 0.459 e. The molecule has 8 heteroatoms. The van der Waals surface area contributed by atoms with Crippen molar-refractivity contribution in [2.24, 2.45) is 0 Å². The van der Waals surface area contributed by atoms with Gasteiger partial charge in [-0.25, -0.2) is 4.39 Å². The average molecular weight is 446 g/mol. The lowest BCUT2D eigenvalue weighted by atomic mass is 9.93. The molecule has 5 rings (SSSR count). The molecular weight excluding hydrogens is 423 g/mol. The number of H-pyrrole nitrogens is 1. The van der Waals surface area contributed by atoms with Crippen molar-refractivity contribution in [3.05, 3.63) is 89.0 Å². The first kappa shape index (κ1) is 20.9. The van der Waals surface area contributed by atoms with E-state index in [2.05, 4.69) is 15.3 Å². The summed E-state index contributed by atoms with van der Waals surface area (Å²) in [6.45, 7) is 2.90. The topological polar surface area (TPSA) is 91.2 Å². The van der Waals surface area contributed by atoms with Crippen LogP contribution >= 0.6 is 0 Å². The Morgan fingerprint density at radius 2 is 2.15 bits per heavy atom. The Morgan fingerprint density at radius 1 is 1.27 bits per heavy atom. The molecule has 4 aromatic rings. The Hall–Kier alpha value is -3.94. The Balaban J connectivity index is 1.32. The highest BCUT2D eigenvalue weighted by molar-refractivity contribution is 5.93. The van der Waals surface area contributed by atoms with Crippen molar-refractivity contribution in [2.45, 2.75) is 25.8 Å². The normalized spacial score (nSPS) is 15.5. The summed E-state index contributed by atoms with van der Waals surface area (Å²) in [4.78, 5) is 35.3. The van der Waals surface area contributed by atoms with Gasteiger partial charge in [0.2, 0.25) is 5.91 Å². The summed E-state index contributed by atoms with van der Waals surface area (Å²) >= 11 is 0. The zero-order valence-corrected chi connectivity index (χ0v) is 18.1. The van der Waals surface area contributed by atoms with Crippen molar-refractivity contribution >= 4 is 22.7 Å². The van der Waals surface area contributed by atoms with Crippen molar-refractivity contribution in [1.82, 2.24) is 20.2 Å². The maximum atomic E-state index is 13.7. The van der Waals surface area contributed by atoms with Crippen LogP contribution in [0.15, 0.2) is 59.3 Å². The minimum Gasteiger partial charge on any atom is -0.459 e. The van der Waals surface area contributed by atoms with Gasteiger partial charge >= 0.3 is 0 Å². The molecule has 3 aromatic heterocycles. The summed E-state index contributed by atoms with van der Waals surface area (Å²) in [7, 11) is 0. The summed E-state index contributed by atoms with van der Waals surface area (Å²) < 4.78 is 19.0. The first-order valence-electron chi connectivity index (χ1n) is 10.8. The van der Waals surface area contributed by atoms with Gasteiger partial charge in [0, 0.05) is 42.4 Å². The molecule has 0 aliphatic carbocycles. The second-order valence-corrected chi connectivity index (χ2v) is 8.22. The van der Waals surface area contributed by atoms with Gasteiger partial charge in [-0.1, -0.05) is 6.07 Å². The molecule has 1 unspecified atom stereocenters. The Morgan fingerprint density at radius 3 is 2.97 bits per heavy atom. The smallest absolute Gasteiger partial charge is 0.289 e. The highest BCUT2D eigenvalue weighted by Crippen LogP contribution is 2.28. The zero-order chi connectivity index (χ0) is 22.9. The second kappa shape index (κ2) is 8.54. The number of rotatable bonds is 5. The first-order chi connectivity index (χ1) is 16.0. The van der Waals surface area contributed by atoms with Crippen LogP contribution in [0.1, 0.15) is 39.0 Å². The zero-order valence-electron chi connectivity index (χ0n) is 18.1. The van der Waals surface area contributed by atoms with Gasteiger partial charge in [0.15, 0.2) is 5.76 Å². The van der Waals surface area contributed by atoms with Gasteiger partial charge in [-0.3, -0.25) is 14.6 Å². The minimum atomic E-state index is -0.588. The summed E-state index contributed by atoms with van der Waals surface area (Å²) in [6.07, 6.45) is 3.67. The number of hydrogen-bond acceptors (Lipinski definition) is 4. The number of nitrogens with one attached hydrogen (secondary N) is 2. The number of benzene rings is 1. The molecule has 1 aliphatic rings. The average Bonchev–Trinajstić information content (AvgIpc) is 3.46. The van der Waals surface area contributed by atoms with Crippen LogP contribution in [-0.2, 0) is 17.8 Å². The fourth-order valence-corrected chi connectivity index (χ4v) is 4.50. The number of nitrogens with zero attached hydrogens (tertiary/aromatic N) is 2. The molecule has 4 heterocycles. The van der Waals surface area contributed by atoms with Gasteiger partial charge in [0.05, 0.1) is 17.9 Å². The van der Waals surface area contributed by atoms with Crippen LogP contribution in [0.2, 0.25) is 0 Å². The Labute approximate surface area is 189 Å². The number of fused-ring (bicyclic) bond motifs is 2. The molecule has 2 amide bonds. The molecule has 2 N–H and O–H groups in total. The summed E-state index contributed by atoms with van der Waals surface area (Å²) in [5, 5.41) is 3.81. The number of aromatic amines is 1. The molecule has 33 heavy (non-hydrogen) atoms. The van der Waals surface area contributed by atoms with Crippen molar-refractivity contribution < 1.29 is 18.4 Å². The second-order valence-electron chi connectivity index (χ2n) is 8.22. The van der Waals surface area contributed by atoms with E-state index >= 15 is 0 Å². The van der Waals surface area contributed by atoms with Crippen molar-refractivity contribution in [3.8, 4) is 0 Å². The van der Waals surface area contributed by atoms with Crippen LogP contribution in [0.25, 0.3) is 10.9 Å². The molecule has 0 fully saturated rings. The summed E-state index contributed by atoms with van der Waals surface area (Å²) in [5.74, 6) is -1.10. The van der Waals surface area contributed by atoms with E-state index in [9.17, 15) is 14.0 Å². The third-order valence-electron chi connectivity index (χ3n) is 6.11. The molecule has 0 radical (unpaired) electrons. The lowest BCUT2D eigenvalue weighted by Crippen LogP contribution is -2.44. The first-order valence-corrected chi connectivity index (χ1v) is 10.8. The minimum absolute atomic E-state index is 0.199. The van der Waals surface area contributed by atoms with Crippen LogP contribution in [0.5, 0.6) is 0 Å². The number of hydrogen-bond donors (Lipinski definition) is 2. The monoisotopic (exact) mass is 446 g/mol. The number of aromatic nitrogens is 2. The maximum absolute atomic E-state index is 13.7. The molecule has 1 aliphatic heterocycles. The summed E-state index contributed by atoms with van der Waals surface area (Å²) in [5.41, 5.74) is 4.31. The van der Waals surface area contributed by atoms with Crippen molar-refractivity contribution in [1.29, 1.82) is 0 Å². The van der Waals surface area contributed by atoms with Gasteiger partial charge in [-0.2, -0.15) is 0 Å². The van der Waals surface area contributed by atoms with E-state index in [4.69, 9.17) is 4.42 Å². The molecule has 1 atom stereocenters. The van der Waals surface area contributed by atoms with E-state index in [0.29, 0.717) is 25.2 Å². The third kappa shape index (κ3) is 4.00. The van der Waals surface area contributed by atoms with Crippen LogP contribution < -0.4 is 5.32 Å². The van der Waals surface area contributed by atoms with Crippen molar-refractivity contribution in [2.75, 3.05) is 13.1 Å². The quantitative estimate of drug-likeness (QED) is 0.489. The van der Waals surface area contributed by atoms with Gasteiger partial charge in [0.1, 0.15) is 5.82 Å². The molecule has 1 aromatic carbocycles. The van der Waals surface area contributed by atoms with Gasteiger partial charge in [0.25, 0.3) is 5.91 Å². The molecule has 0 saturated heterocycles. The maximum Gasteiger partial charge on any atom is 0.289 e. The van der Waals surface area contributed by atoms with E-state index in [1.807, 2.05) is 13.0 Å². The number of halogens is 1. The lowest BCUT2D eigenvalue weighted by Gasteiger charge is -2.32. The highest BCUT2D eigenvalue weighted by Gasteiger charge is 2.34. The summed E-state index contributed by atoms with van der Waals surface area (Å²) in [6, 6.07) is 11.6. The SMILES string of the molecule is Cc1[nH]c2ccc(F)cc2c1CCNC(=O)C1CN(C(=O)c2ccco2)Cc2cccnc21. The standard InChI is InChI=1S/C25H23FN4O3/c1-15-18(19-12-17(26)6-7-21(19)29-15)8-10-28-24(31)20-14-30(25(32)22-5-3-11-33-22)13-16-4-2-9-27-23(16)20/h2-7,9,11-12,20,29H,8,10,13-14H2,1H3,(H,28,31). The predicted octanol–water partition coefficient (Wildman–Crippen LogP) is 3.70. The highest BCUT2D eigenvalue weighted by atomic mass is 19.1. The van der Waals surface area contributed by atoms with E-state index in [-0.39, 0.29) is 29.9 Å². The number of carbonyl (C=O) groups is 2. The predicted molar refractivity (Wildman–Crippen MR) is 120 cm³/mol. The van der Waals surface area contributed by atoms with E-state index < -0.39 is 5.92 Å². The Kier molecular flexibility index (Phi) is 5.42. The van der Waals surface area contributed by atoms with Gasteiger partial charge < -0.3 is 19.6 Å². The van der Waals surface area contributed by atoms with Crippen LogP contribution in [0.4, 0.5) is 4.39 Å². The van der Waals surface area contributed by atoms with Crippen LogP contribution in [0, 0.1) is 12.7 Å². The van der Waals surface area contributed by atoms with E-state index in [1.54, 1.807) is 35.4 Å². The molecule has 0 spiro atoms. The number of amides is 2. The number of pyridine rings is 1. The third-order valence-corrected chi connectivity index (χ3v) is 6.11. The van der Waals surface area contributed by atoms with Crippen molar-refractivity contribution in [3.63, 3.8) is 0 Å². The van der Waals surface area contributed by atoms with Crippen LogP contribution in [-0.4, -0.2) is 39.8 Å². The van der Waals surface area contributed by atoms with Crippen LogP contribution in [0.3, 0.4) is 0 Å². The molecule has 0 bridgehead atoms. The molecular formula is C25H23FN4O3. The molecule has 7 nitrogen and oxygen atoms in total. The fourth-order valence-electron chi connectivity index (χ4n) is 4.50. The molecule has 168 valence electrons. The number of furan rings is 1. The number of carbonyl (C=O) groups excluding carboxylic acids is 2. The van der Waals surface area contributed by atoms with Gasteiger partial charge in [-0.15, -0.1) is 0 Å². The van der Waals surface area contributed by atoms with E-state index in [0.717, 1.165) is 27.7 Å². The molecule has 0 saturated carbocycles. The Bertz CT molecular complexity index is 1330. The lowest BCUT2D eigenvalue weighted by molar-refractivity contribution is -0.123. The van der Waals surface area contributed by atoms with Gasteiger partial charge in [-0.05, 0) is 60.9 Å².